The predicted octanol–water partition coefficient (Wildman–Crippen LogP) is 4.35. The van der Waals surface area contributed by atoms with Gasteiger partial charge in [-0.05, 0) is 43.2 Å². The molecular weight excluding hydrogens is 424 g/mol. The molecule has 1 saturated carbocycles. The van der Waals surface area contributed by atoms with E-state index in [0.717, 1.165) is 4.90 Å². The van der Waals surface area contributed by atoms with Crippen LogP contribution in [0.15, 0.2) is 29.2 Å². The van der Waals surface area contributed by atoms with Crippen molar-refractivity contribution in [3.8, 4) is 0 Å². The second kappa shape index (κ2) is 9.20. The van der Waals surface area contributed by atoms with E-state index in [2.05, 4.69) is 5.32 Å². The second-order valence-corrected chi connectivity index (χ2v) is 8.24. The highest BCUT2D eigenvalue weighted by molar-refractivity contribution is 8.18. The van der Waals surface area contributed by atoms with Crippen LogP contribution in [0.5, 0.6) is 0 Å². The summed E-state index contributed by atoms with van der Waals surface area (Å²) in [6.45, 7) is -0.169. The lowest BCUT2D eigenvalue weighted by atomic mass is 9.80. The molecule has 10 heteroatoms. The molecule has 30 heavy (non-hydrogen) atoms. The molecule has 2 atom stereocenters. The van der Waals surface area contributed by atoms with Gasteiger partial charge in [-0.1, -0.05) is 24.6 Å². The van der Waals surface area contributed by atoms with E-state index in [-0.39, 0.29) is 36.4 Å². The van der Waals surface area contributed by atoms with Gasteiger partial charge in [0.1, 0.15) is 5.82 Å². The third-order valence-corrected chi connectivity index (χ3v) is 6.12. The number of amides is 3. The van der Waals surface area contributed by atoms with Crippen LogP contribution < -0.4 is 5.32 Å². The van der Waals surface area contributed by atoms with Crippen LogP contribution in [0.3, 0.4) is 0 Å². The summed E-state index contributed by atoms with van der Waals surface area (Å²) in [6, 6.07) is 5.82. The SMILES string of the molecule is O=C(NCCN1C(=O)S/C(=C\c2ccccc2F)C1=O)C1CCCC(C(F)(F)F)C1. The smallest absolute Gasteiger partial charge is 0.354 e. The van der Waals surface area contributed by atoms with E-state index >= 15 is 0 Å². The zero-order chi connectivity index (χ0) is 21.9. The van der Waals surface area contributed by atoms with E-state index in [4.69, 9.17) is 0 Å². The molecule has 1 saturated heterocycles. The summed E-state index contributed by atoms with van der Waals surface area (Å²) in [4.78, 5) is 37.7. The highest BCUT2D eigenvalue weighted by Crippen LogP contribution is 2.40. The molecular formula is C20H20F4N2O3S. The Balaban J connectivity index is 1.53. The highest BCUT2D eigenvalue weighted by atomic mass is 32.2. The van der Waals surface area contributed by atoms with E-state index in [0.29, 0.717) is 24.6 Å². The summed E-state index contributed by atoms with van der Waals surface area (Å²) >= 11 is 0.669. The minimum absolute atomic E-state index is 0.0262. The molecule has 3 rings (SSSR count). The summed E-state index contributed by atoms with van der Waals surface area (Å²) < 4.78 is 52.4. The second-order valence-electron chi connectivity index (χ2n) is 7.25. The van der Waals surface area contributed by atoms with Gasteiger partial charge < -0.3 is 5.32 Å². The predicted molar refractivity (Wildman–Crippen MR) is 104 cm³/mol. The molecule has 162 valence electrons. The lowest BCUT2D eigenvalue weighted by molar-refractivity contribution is -0.186. The minimum atomic E-state index is -4.31. The topological polar surface area (TPSA) is 66.5 Å². The minimum Gasteiger partial charge on any atom is -0.354 e. The van der Waals surface area contributed by atoms with Gasteiger partial charge in [0.05, 0.1) is 10.8 Å². The normalized spacial score (nSPS) is 23.9. The number of imide groups is 1. The average molecular weight is 444 g/mol. The summed E-state index contributed by atoms with van der Waals surface area (Å²) in [5, 5.41) is 1.98. The van der Waals surface area contributed by atoms with Crippen LogP contribution in [0.25, 0.3) is 6.08 Å². The number of hydrogen-bond donors (Lipinski definition) is 1. The van der Waals surface area contributed by atoms with Crippen molar-refractivity contribution >= 4 is 34.9 Å². The lowest BCUT2D eigenvalue weighted by Crippen LogP contribution is -2.41. The summed E-state index contributed by atoms with van der Waals surface area (Å²) in [7, 11) is 0. The molecule has 1 aromatic rings. The van der Waals surface area contributed by atoms with E-state index < -0.39 is 40.9 Å². The number of carbonyl (C=O) groups excluding carboxylic acids is 3. The number of nitrogens with one attached hydrogen (secondary N) is 1. The number of nitrogens with zero attached hydrogens (tertiary/aromatic N) is 1. The molecule has 2 unspecified atom stereocenters. The molecule has 0 bridgehead atoms. The van der Waals surface area contributed by atoms with E-state index in [1.807, 2.05) is 0 Å². The zero-order valence-electron chi connectivity index (χ0n) is 15.9. The average Bonchev–Trinajstić information content (AvgIpc) is 2.96. The zero-order valence-corrected chi connectivity index (χ0v) is 16.7. The Morgan fingerprint density at radius 3 is 2.67 bits per heavy atom. The molecule has 1 heterocycles. The van der Waals surface area contributed by atoms with Crippen LogP contribution in [-0.4, -0.2) is 41.2 Å². The largest absolute Gasteiger partial charge is 0.391 e. The first-order valence-corrected chi connectivity index (χ1v) is 10.3. The van der Waals surface area contributed by atoms with Gasteiger partial charge in [-0.15, -0.1) is 0 Å². The molecule has 3 amide bonds. The first-order valence-electron chi connectivity index (χ1n) is 9.51. The molecule has 1 aliphatic carbocycles. The highest BCUT2D eigenvalue weighted by Gasteiger charge is 2.43. The van der Waals surface area contributed by atoms with Crippen LogP contribution in [-0.2, 0) is 9.59 Å². The fourth-order valence-electron chi connectivity index (χ4n) is 3.59. The summed E-state index contributed by atoms with van der Waals surface area (Å²) in [6.07, 6.45) is -2.54. The van der Waals surface area contributed by atoms with Gasteiger partial charge in [0.25, 0.3) is 11.1 Å². The quantitative estimate of drug-likeness (QED) is 0.542. The molecule has 5 nitrogen and oxygen atoms in total. The lowest BCUT2D eigenvalue weighted by Gasteiger charge is -2.29. The van der Waals surface area contributed by atoms with Crippen LogP contribution in [0.2, 0.25) is 0 Å². The first-order chi connectivity index (χ1) is 14.2. The summed E-state index contributed by atoms with van der Waals surface area (Å²) in [5.74, 6) is -3.84. The van der Waals surface area contributed by atoms with Crippen LogP contribution in [0.4, 0.5) is 22.4 Å². The molecule has 0 spiro atoms. The number of thioether (sulfide) groups is 1. The van der Waals surface area contributed by atoms with E-state index in [1.165, 1.54) is 24.3 Å². The van der Waals surface area contributed by atoms with E-state index in [9.17, 15) is 31.9 Å². The van der Waals surface area contributed by atoms with Gasteiger partial charge >= 0.3 is 6.18 Å². The van der Waals surface area contributed by atoms with Gasteiger partial charge in [-0.2, -0.15) is 13.2 Å². The molecule has 2 aliphatic rings. The van der Waals surface area contributed by atoms with Crippen LogP contribution >= 0.6 is 11.8 Å². The third-order valence-electron chi connectivity index (χ3n) is 5.21. The van der Waals surface area contributed by atoms with Gasteiger partial charge in [-0.25, -0.2) is 4.39 Å². The Hall–Kier alpha value is -2.36. The van der Waals surface area contributed by atoms with Crippen molar-refractivity contribution < 1.29 is 31.9 Å². The Kier molecular flexibility index (Phi) is 6.84. The van der Waals surface area contributed by atoms with Crippen LogP contribution in [0.1, 0.15) is 31.2 Å². The maximum Gasteiger partial charge on any atom is 0.391 e. The number of halogens is 4. The fourth-order valence-corrected chi connectivity index (χ4v) is 4.44. The number of carbonyl (C=O) groups is 3. The Bertz CT molecular complexity index is 872. The monoisotopic (exact) mass is 444 g/mol. The van der Waals surface area contributed by atoms with Crippen molar-refractivity contribution in [2.75, 3.05) is 13.1 Å². The molecule has 1 aromatic carbocycles. The number of rotatable bonds is 5. The van der Waals surface area contributed by atoms with Gasteiger partial charge in [0.2, 0.25) is 5.91 Å². The third kappa shape index (κ3) is 5.21. The first kappa shape index (κ1) is 22.3. The Morgan fingerprint density at radius 1 is 1.23 bits per heavy atom. The molecule has 2 fully saturated rings. The molecule has 0 radical (unpaired) electrons. The van der Waals surface area contributed by atoms with Crippen molar-refractivity contribution in [2.24, 2.45) is 11.8 Å². The number of alkyl halides is 3. The van der Waals surface area contributed by atoms with E-state index in [1.54, 1.807) is 6.07 Å². The fraction of sp³-hybridized carbons (Fsp3) is 0.450. The Labute approximate surface area is 174 Å². The molecule has 0 aromatic heterocycles. The van der Waals surface area contributed by atoms with Crippen molar-refractivity contribution in [3.05, 3.63) is 40.6 Å². The van der Waals surface area contributed by atoms with Crippen molar-refractivity contribution in [2.45, 2.75) is 31.9 Å². The van der Waals surface area contributed by atoms with Gasteiger partial charge in [-0.3, -0.25) is 19.3 Å². The number of benzene rings is 1. The maximum absolute atomic E-state index is 13.8. The standard InChI is InChI=1S/C20H20F4N2O3S/c21-15-7-2-1-4-12(15)11-16-18(28)26(19(29)30-16)9-8-25-17(27)13-5-3-6-14(10-13)20(22,23)24/h1-2,4,7,11,13-14H,3,5-6,8-10H2,(H,25,27)/b16-11-. The van der Waals surface area contributed by atoms with Crippen LogP contribution in [0, 0.1) is 17.7 Å². The molecule has 1 aliphatic heterocycles. The molecule has 1 N–H and O–H groups in total. The number of hydrogen-bond acceptors (Lipinski definition) is 4. The Morgan fingerprint density at radius 2 is 1.97 bits per heavy atom. The van der Waals surface area contributed by atoms with Crippen molar-refractivity contribution in [3.63, 3.8) is 0 Å². The van der Waals surface area contributed by atoms with Gasteiger partial charge in [0, 0.05) is 24.6 Å². The van der Waals surface area contributed by atoms with Gasteiger partial charge in [0.15, 0.2) is 0 Å². The van der Waals surface area contributed by atoms with Crippen molar-refractivity contribution in [1.29, 1.82) is 0 Å². The maximum atomic E-state index is 13.8. The summed E-state index contributed by atoms with van der Waals surface area (Å²) in [5.41, 5.74) is 0.174. The van der Waals surface area contributed by atoms with Crippen molar-refractivity contribution in [1.82, 2.24) is 10.2 Å².